The van der Waals surface area contributed by atoms with Gasteiger partial charge in [0.05, 0.1) is 22.1 Å². The molecule has 10 aromatic rings. The number of benzene rings is 7. The number of pyridine rings is 1. The van der Waals surface area contributed by atoms with E-state index >= 15 is 0 Å². The zero-order valence-electron chi connectivity index (χ0n) is 26.3. The van der Waals surface area contributed by atoms with E-state index in [1.807, 2.05) is 24.4 Å². The molecule has 0 saturated heterocycles. The van der Waals surface area contributed by atoms with E-state index in [-0.39, 0.29) is 0 Å². The molecule has 228 valence electrons. The predicted octanol–water partition coefficient (Wildman–Crippen LogP) is 11.9. The summed E-state index contributed by atoms with van der Waals surface area (Å²) in [6, 6.07) is 56.3. The second-order valence-corrected chi connectivity index (χ2v) is 12.8. The van der Waals surface area contributed by atoms with E-state index in [0.29, 0.717) is 0 Å². The van der Waals surface area contributed by atoms with Crippen molar-refractivity contribution >= 4 is 54.4 Å². The van der Waals surface area contributed by atoms with Crippen LogP contribution >= 0.6 is 0 Å². The van der Waals surface area contributed by atoms with Gasteiger partial charge in [0, 0.05) is 50.4 Å². The fourth-order valence-corrected chi connectivity index (χ4v) is 8.07. The van der Waals surface area contributed by atoms with Gasteiger partial charge in [-0.3, -0.25) is 4.57 Å². The van der Waals surface area contributed by atoms with E-state index < -0.39 is 0 Å². The molecule has 0 atom stereocenters. The SMILES string of the molecule is c1ccc(-n2c3ccc(-c4ccc5c(c4)c4ccccc4n5-c4ccccn4)cc3c3c4cccc5c4c(cc32)Oc2ccccc2-5)cc1. The van der Waals surface area contributed by atoms with Crippen LogP contribution in [0.5, 0.6) is 11.5 Å². The zero-order chi connectivity index (χ0) is 32.1. The van der Waals surface area contributed by atoms with E-state index in [1.165, 1.54) is 49.1 Å². The molecule has 0 aliphatic carbocycles. The third-order valence-electron chi connectivity index (χ3n) is 10.1. The quantitative estimate of drug-likeness (QED) is 0.196. The van der Waals surface area contributed by atoms with E-state index in [4.69, 9.17) is 9.72 Å². The van der Waals surface area contributed by atoms with Crippen LogP contribution < -0.4 is 4.74 Å². The smallest absolute Gasteiger partial charge is 0.138 e. The van der Waals surface area contributed by atoms with Gasteiger partial charge < -0.3 is 9.30 Å². The highest BCUT2D eigenvalue weighted by molar-refractivity contribution is 6.26. The van der Waals surface area contributed by atoms with Gasteiger partial charge in [0.1, 0.15) is 17.3 Å². The Kier molecular flexibility index (Phi) is 5.35. The highest BCUT2D eigenvalue weighted by Crippen LogP contribution is 2.50. The van der Waals surface area contributed by atoms with Crippen molar-refractivity contribution in [3.8, 4) is 45.3 Å². The Labute approximate surface area is 281 Å². The number of ether oxygens (including phenoxy) is 1. The molecule has 11 rings (SSSR count). The summed E-state index contributed by atoms with van der Waals surface area (Å²) in [4.78, 5) is 4.70. The molecule has 1 aliphatic heterocycles. The first-order chi connectivity index (χ1) is 24.3. The summed E-state index contributed by atoms with van der Waals surface area (Å²) in [6.07, 6.45) is 1.86. The molecule has 0 unspecified atom stereocenters. The van der Waals surface area contributed by atoms with Crippen molar-refractivity contribution in [3.05, 3.63) is 164 Å². The molecule has 3 aromatic heterocycles. The number of nitrogens with zero attached hydrogens (tertiary/aromatic N) is 3. The number of hydrogen-bond donors (Lipinski definition) is 0. The van der Waals surface area contributed by atoms with Gasteiger partial charge >= 0.3 is 0 Å². The van der Waals surface area contributed by atoms with Crippen LogP contribution in [0.25, 0.3) is 88.1 Å². The molecule has 4 heteroatoms. The highest BCUT2D eigenvalue weighted by Gasteiger charge is 2.25. The number of rotatable bonds is 3. The second kappa shape index (κ2) is 9.93. The summed E-state index contributed by atoms with van der Waals surface area (Å²) in [6.45, 7) is 0. The molecule has 0 amide bonds. The van der Waals surface area contributed by atoms with Crippen LogP contribution in [0.1, 0.15) is 0 Å². The number of aromatic nitrogens is 3. The van der Waals surface area contributed by atoms with Gasteiger partial charge in [-0.05, 0) is 82.7 Å². The van der Waals surface area contributed by atoms with E-state index in [9.17, 15) is 0 Å². The van der Waals surface area contributed by atoms with Crippen molar-refractivity contribution < 1.29 is 4.74 Å². The van der Waals surface area contributed by atoms with Gasteiger partial charge in [0.2, 0.25) is 0 Å². The Bertz CT molecular complexity index is 2950. The van der Waals surface area contributed by atoms with Gasteiger partial charge in [0.25, 0.3) is 0 Å². The van der Waals surface area contributed by atoms with Crippen LogP contribution in [0, 0.1) is 0 Å². The molecule has 4 nitrogen and oxygen atoms in total. The summed E-state index contributed by atoms with van der Waals surface area (Å²) < 4.78 is 11.3. The topological polar surface area (TPSA) is 32.0 Å². The average Bonchev–Trinajstić information content (AvgIpc) is 3.67. The Hall–Kier alpha value is -6.65. The maximum atomic E-state index is 6.63. The van der Waals surface area contributed by atoms with E-state index in [2.05, 4.69) is 149 Å². The maximum Gasteiger partial charge on any atom is 0.138 e. The van der Waals surface area contributed by atoms with Crippen LogP contribution in [0.3, 0.4) is 0 Å². The van der Waals surface area contributed by atoms with E-state index in [1.54, 1.807) is 0 Å². The van der Waals surface area contributed by atoms with Crippen LogP contribution in [-0.2, 0) is 0 Å². The van der Waals surface area contributed by atoms with Gasteiger partial charge in [0.15, 0.2) is 0 Å². The lowest BCUT2D eigenvalue weighted by Gasteiger charge is -2.22. The Morgan fingerprint density at radius 2 is 1.10 bits per heavy atom. The fraction of sp³-hybridized carbons (Fsp3) is 0. The minimum Gasteiger partial charge on any atom is -0.456 e. The summed E-state index contributed by atoms with van der Waals surface area (Å²) >= 11 is 0. The van der Waals surface area contributed by atoms with E-state index in [0.717, 1.165) is 50.5 Å². The minimum absolute atomic E-state index is 0.895. The monoisotopic (exact) mass is 625 g/mol. The summed E-state index contributed by atoms with van der Waals surface area (Å²) in [5.41, 5.74) is 10.4. The largest absolute Gasteiger partial charge is 0.456 e. The molecule has 49 heavy (non-hydrogen) atoms. The van der Waals surface area contributed by atoms with Gasteiger partial charge in [-0.15, -0.1) is 0 Å². The summed E-state index contributed by atoms with van der Waals surface area (Å²) in [5, 5.41) is 7.24. The first-order valence-electron chi connectivity index (χ1n) is 16.6. The second-order valence-electron chi connectivity index (χ2n) is 12.8. The third-order valence-corrected chi connectivity index (χ3v) is 10.1. The fourth-order valence-electron chi connectivity index (χ4n) is 8.07. The first-order valence-corrected chi connectivity index (χ1v) is 16.6. The molecular weight excluding hydrogens is 599 g/mol. The number of fused-ring (bicyclic) bond motifs is 9. The van der Waals surface area contributed by atoms with Crippen LogP contribution in [0.2, 0.25) is 0 Å². The molecule has 7 aromatic carbocycles. The molecule has 0 N–H and O–H groups in total. The van der Waals surface area contributed by atoms with Crippen molar-refractivity contribution in [3.63, 3.8) is 0 Å². The molecule has 0 saturated carbocycles. The third kappa shape index (κ3) is 3.71. The minimum atomic E-state index is 0.895. The van der Waals surface area contributed by atoms with Crippen LogP contribution in [-0.4, -0.2) is 14.1 Å². The Balaban J connectivity index is 1.20. The molecule has 1 aliphatic rings. The summed E-state index contributed by atoms with van der Waals surface area (Å²) in [5.74, 6) is 2.71. The van der Waals surface area contributed by atoms with Crippen LogP contribution in [0.15, 0.2) is 164 Å². The normalized spacial score (nSPS) is 12.2. The van der Waals surface area contributed by atoms with Crippen molar-refractivity contribution in [2.24, 2.45) is 0 Å². The first kappa shape index (κ1) is 26.4. The van der Waals surface area contributed by atoms with Crippen molar-refractivity contribution in [1.29, 1.82) is 0 Å². The van der Waals surface area contributed by atoms with Crippen molar-refractivity contribution in [1.82, 2.24) is 14.1 Å². The molecule has 0 bridgehead atoms. The maximum absolute atomic E-state index is 6.63. The molecule has 0 fully saturated rings. The lowest BCUT2D eigenvalue weighted by Crippen LogP contribution is -1.98. The number of hydrogen-bond acceptors (Lipinski definition) is 2. The summed E-state index contributed by atoms with van der Waals surface area (Å²) in [7, 11) is 0. The zero-order valence-corrected chi connectivity index (χ0v) is 26.3. The van der Waals surface area contributed by atoms with Gasteiger partial charge in [-0.1, -0.05) is 91.0 Å². The van der Waals surface area contributed by atoms with Crippen molar-refractivity contribution in [2.75, 3.05) is 0 Å². The standard InChI is InChI=1S/C45H27N3O/c1-2-11-30(12-3-1)47-39-23-21-29(28-20-22-38-35(25-28)31-13-4-6-17-37(31)48(38)43-19-8-9-24-46-43)26-36(39)44-34-16-10-15-33-32-14-5-7-18-41(32)49-42(45(33)34)27-40(44)47/h1-27H. The van der Waals surface area contributed by atoms with Gasteiger partial charge in [-0.25, -0.2) is 4.98 Å². The van der Waals surface area contributed by atoms with Crippen LogP contribution in [0.4, 0.5) is 0 Å². The Morgan fingerprint density at radius 3 is 1.96 bits per heavy atom. The average molecular weight is 626 g/mol. The van der Waals surface area contributed by atoms with Crippen molar-refractivity contribution in [2.45, 2.75) is 0 Å². The lowest BCUT2D eigenvalue weighted by molar-refractivity contribution is 0.487. The molecule has 4 heterocycles. The van der Waals surface area contributed by atoms with Gasteiger partial charge in [-0.2, -0.15) is 0 Å². The lowest BCUT2D eigenvalue weighted by atomic mass is 9.92. The molecular formula is C45H27N3O. The number of para-hydroxylation sites is 3. The Morgan fingerprint density at radius 1 is 0.408 bits per heavy atom. The predicted molar refractivity (Wildman–Crippen MR) is 201 cm³/mol. The molecule has 0 radical (unpaired) electrons. The molecule has 0 spiro atoms. The highest BCUT2D eigenvalue weighted by atomic mass is 16.5.